The van der Waals surface area contributed by atoms with Gasteiger partial charge in [0.05, 0.1) is 19.6 Å². The summed E-state index contributed by atoms with van der Waals surface area (Å²) in [6, 6.07) is 14.9. The van der Waals surface area contributed by atoms with Crippen molar-refractivity contribution >= 4 is 0 Å². The SMILES string of the molecule is CC(C)(C)c1cc(Cn2c(=O)n(Cc3ccc(O)c(C(C)(C)C)c3)c(=O)n(Cc3ccc(O)c(C(C)(C)C)c3)c2=O)ccc1O. The van der Waals surface area contributed by atoms with Gasteiger partial charge in [0.2, 0.25) is 0 Å². The minimum absolute atomic E-state index is 0.116. The van der Waals surface area contributed by atoms with E-state index in [0.717, 1.165) is 13.7 Å². The van der Waals surface area contributed by atoms with Crippen LogP contribution in [0.3, 0.4) is 0 Å². The quantitative estimate of drug-likeness (QED) is 0.269. The molecule has 0 unspecified atom stereocenters. The van der Waals surface area contributed by atoms with Crippen LogP contribution in [-0.4, -0.2) is 29.0 Å². The van der Waals surface area contributed by atoms with E-state index >= 15 is 0 Å². The Labute approximate surface area is 263 Å². The largest absolute Gasteiger partial charge is 0.508 e. The van der Waals surface area contributed by atoms with Crippen molar-refractivity contribution in [3.05, 3.63) is 119 Å². The Balaban J connectivity index is 1.93. The van der Waals surface area contributed by atoms with Crippen molar-refractivity contribution in [2.75, 3.05) is 0 Å². The van der Waals surface area contributed by atoms with Gasteiger partial charge in [-0.2, -0.15) is 0 Å². The molecule has 4 aromatic rings. The van der Waals surface area contributed by atoms with E-state index < -0.39 is 33.3 Å². The summed E-state index contributed by atoms with van der Waals surface area (Å²) in [7, 11) is 0. The zero-order valence-electron chi connectivity index (χ0n) is 27.7. The van der Waals surface area contributed by atoms with E-state index in [0.29, 0.717) is 33.4 Å². The Bertz CT molecular complexity index is 1670. The van der Waals surface area contributed by atoms with Crippen LogP contribution < -0.4 is 17.1 Å². The molecule has 3 N–H and O–H groups in total. The smallest absolute Gasteiger partial charge is 0.336 e. The third kappa shape index (κ3) is 7.08. The molecular formula is C36H45N3O6. The first-order chi connectivity index (χ1) is 20.7. The molecule has 0 saturated carbocycles. The summed E-state index contributed by atoms with van der Waals surface area (Å²) in [5.41, 5.74) is 0.382. The summed E-state index contributed by atoms with van der Waals surface area (Å²) < 4.78 is 3.11. The molecule has 45 heavy (non-hydrogen) atoms. The molecule has 0 atom stereocenters. The number of benzene rings is 3. The molecule has 0 aliphatic rings. The average Bonchev–Trinajstić information content (AvgIpc) is 2.92. The molecule has 240 valence electrons. The Morgan fingerprint density at radius 3 is 0.867 bits per heavy atom. The van der Waals surface area contributed by atoms with Gasteiger partial charge in [-0.05, 0) is 86.0 Å². The second-order valence-electron chi connectivity index (χ2n) is 14.9. The van der Waals surface area contributed by atoms with Crippen LogP contribution in [0.4, 0.5) is 0 Å². The number of hydrogen-bond acceptors (Lipinski definition) is 6. The van der Waals surface area contributed by atoms with Gasteiger partial charge in [0.15, 0.2) is 0 Å². The molecule has 9 nitrogen and oxygen atoms in total. The van der Waals surface area contributed by atoms with Crippen molar-refractivity contribution in [2.24, 2.45) is 0 Å². The normalized spacial score (nSPS) is 12.5. The van der Waals surface area contributed by atoms with E-state index in [9.17, 15) is 29.7 Å². The molecule has 0 fully saturated rings. The first-order valence-corrected chi connectivity index (χ1v) is 15.1. The fourth-order valence-corrected chi connectivity index (χ4v) is 5.48. The van der Waals surface area contributed by atoms with Crippen LogP contribution in [0.1, 0.15) is 95.7 Å². The molecule has 0 radical (unpaired) electrons. The van der Waals surface area contributed by atoms with Crippen LogP contribution in [0.25, 0.3) is 0 Å². The zero-order valence-corrected chi connectivity index (χ0v) is 27.7. The third-order valence-electron chi connectivity index (χ3n) is 8.01. The summed E-state index contributed by atoms with van der Waals surface area (Å²) >= 11 is 0. The van der Waals surface area contributed by atoms with Crippen LogP contribution in [0.15, 0.2) is 69.0 Å². The van der Waals surface area contributed by atoms with Crippen molar-refractivity contribution in [1.82, 2.24) is 13.7 Å². The zero-order chi connectivity index (χ0) is 33.6. The van der Waals surface area contributed by atoms with Crippen molar-refractivity contribution in [3.63, 3.8) is 0 Å². The molecule has 0 bridgehead atoms. The number of aromatic hydroxyl groups is 3. The van der Waals surface area contributed by atoms with Crippen molar-refractivity contribution in [3.8, 4) is 17.2 Å². The van der Waals surface area contributed by atoms with E-state index in [1.54, 1.807) is 54.6 Å². The second kappa shape index (κ2) is 11.8. The van der Waals surface area contributed by atoms with Gasteiger partial charge in [-0.25, -0.2) is 28.1 Å². The summed E-state index contributed by atoms with van der Waals surface area (Å²) in [4.78, 5) is 41.8. The molecule has 0 amide bonds. The van der Waals surface area contributed by atoms with Gasteiger partial charge in [-0.1, -0.05) is 80.5 Å². The van der Waals surface area contributed by atoms with Crippen molar-refractivity contribution in [2.45, 2.75) is 98.2 Å². The van der Waals surface area contributed by atoms with Gasteiger partial charge in [0.1, 0.15) is 17.2 Å². The van der Waals surface area contributed by atoms with Crippen LogP contribution >= 0.6 is 0 Å². The van der Waals surface area contributed by atoms with Gasteiger partial charge < -0.3 is 15.3 Å². The minimum Gasteiger partial charge on any atom is -0.508 e. The standard InChI is InChI=1S/C36H45N3O6/c1-34(2,3)25-16-22(10-13-28(25)40)19-37-31(43)38(20-23-11-14-29(41)26(17-23)35(4,5)6)33(45)39(32(37)44)21-24-12-15-30(42)27(18-24)36(7,8)9/h10-18,40-42H,19-21H2,1-9H3. The third-order valence-corrected chi connectivity index (χ3v) is 8.01. The lowest BCUT2D eigenvalue weighted by Crippen LogP contribution is -2.54. The Morgan fingerprint density at radius 2 is 0.667 bits per heavy atom. The van der Waals surface area contributed by atoms with E-state index in [-0.39, 0.29) is 36.9 Å². The summed E-state index contributed by atoms with van der Waals surface area (Å²) in [6.07, 6.45) is 0. The second-order valence-corrected chi connectivity index (χ2v) is 14.9. The number of hydrogen-bond donors (Lipinski definition) is 3. The highest BCUT2D eigenvalue weighted by atomic mass is 16.3. The predicted octanol–water partition coefficient (Wildman–Crippen LogP) is 5.33. The Morgan fingerprint density at radius 1 is 0.444 bits per heavy atom. The Hall–Kier alpha value is -4.53. The van der Waals surface area contributed by atoms with Gasteiger partial charge >= 0.3 is 17.1 Å². The molecule has 0 aliphatic heterocycles. The fourth-order valence-electron chi connectivity index (χ4n) is 5.48. The monoisotopic (exact) mass is 615 g/mol. The van der Waals surface area contributed by atoms with Gasteiger partial charge in [0, 0.05) is 0 Å². The summed E-state index contributed by atoms with van der Waals surface area (Å²) in [5.74, 6) is 0.347. The number of nitrogens with zero attached hydrogens (tertiary/aromatic N) is 3. The van der Waals surface area contributed by atoms with E-state index in [1.165, 1.54) is 0 Å². The molecule has 0 spiro atoms. The first kappa shape index (κ1) is 33.4. The Kier molecular flexibility index (Phi) is 8.72. The maximum Gasteiger partial charge on any atom is 0.336 e. The highest BCUT2D eigenvalue weighted by Gasteiger charge is 2.23. The van der Waals surface area contributed by atoms with Crippen LogP contribution in [0.2, 0.25) is 0 Å². The van der Waals surface area contributed by atoms with E-state index in [1.807, 2.05) is 62.3 Å². The molecule has 0 saturated heterocycles. The lowest BCUT2D eigenvalue weighted by atomic mass is 9.85. The fraction of sp³-hybridized carbons (Fsp3) is 0.417. The lowest BCUT2D eigenvalue weighted by Gasteiger charge is -2.22. The number of rotatable bonds is 6. The molecule has 3 aromatic carbocycles. The van der Waals surface area contributed by atoms with E-state index in [4.69, 9.17) is 0 Å². The van der Waals surface area contributed by atoms with Crippen molar-refractivity contribution in [1.29, 1.82) is 0 Å². The highest BCUT2D eigenvalue weighted by molar-refractivity contribution is 5.42. The van der Waals surface area contributed by atoms with Crippen LogP contribution in [0.5, 0.6) is 17.2 Å². The van der Waals surface area contributed by atoms with Gasteiger partial charge in [-0.15, -0.1) is 0 Å². The lowest BCUT2D eigenvalue weighted by molar-refractivity contribution is 0.445. The summed E-state index contributed by atoms with van der Waals surface area (Å²) in [5, 5.41) is 31.4. The average molecular weight is 616 g/mol. The molecule has 9 heteroatoms. The van der Waals surface area contributed by atoms with Crippen LogP contribution in [-0.2, 0) is 35.9 Å². The minimum atomic E-state index is -0.766. The van der Waals surface area contributed by atoms with Crippen molar-refractivity contribution < 1.29 is 15.3 Å². The van der Waals surface area contributed by atoms with Crippen LogP contribution in [0, 0.1) is 0 Å². The molecule has 1 aromatic heterocycles. The predicted molar refractivity (Wildman–Crippen MR) is 177 cm³/mol. The first-order valence-electron chi connectivity index (χ1n) is 15.1. The molecule has 1 heterocycles. The maximum absolute atomic E-state index is 13.9. The van der Waals surface area contributed by atoms with Gasteiger partial charge in [-0.3, -0.25) is 0 Å². The van der Waals surface area contributed by atoms with Gasteiger partial charge in [0.25, 0.3) is 0 Å². The summed E-state index contributed by atoms with van der Waals surface area (Å²) in [6.45, 7) is 17.3. The molecule has 4 rings (SSSR count). The molecule has 0 aliphatic carbocycles. The number of aromatic nitrogens is 3. The highest BCUT2D eigenvalue weighted by Crippen LogP contribution is 2.33. The maximum atomic E-state index is 13.9. The van der Waals surface area contributed by atoms with E-state index in [2.05, 4.69) is 0 Å². The molecular weight excluding hydrogens is 570 g/mol. The topological polar surface area (TPSA) is 127 Å². The number of phenols is 3. The number of phenolic OH excluding ortho intramolecular Hbond substituents is 3.